The fourth-order valence-corrected chi connectivity index (χ4v) is 12.6. The van der Waals surface area contributed by atoms with E-state index in [0.717, 1.165) is 24.6 Å². The molecule has 1 unspecified atom stereocenters. The van der Waals surface area contributed by atoms with Crippen molar-refractivity contribution in [3.05, 3.63) is 281 Å². The lowest BCUT2D eigenvalue weighted by Gasteiger charge is -2.29. The van der Waals surface area contributed by atoms with E-state index in [0.29, 0.717) is 0 Å². The molecule has 340 valence electrons. The Hall–Kier alpha value is -8.98. The van der Waals surface area contributed by atoms with E-state index in [1.807, 2.05) is 6.08 Å². The van der Waals surface area contributed by atoms with Gasteiger partial charge in [0.1, 0.15) is 0 Å². The smallest absolute Gasteiger partial charge is 0.0541 e. The number of hydrogen-bond acceptors (Lipinski definition) is 0. The van der Waals surface area contributed by atoms with Crippen LogP contribution in [0.4, 0.5) is 0 Å². The molecule has 2 aromatic heterocycles. The van der Waals surface area contributed by atoms with Gasteiger partial charge in [0.05, 0.1) is 33.3 Å². The molecule has 10 aromatic carbocycles. The summed E-state index contributed by atoms with van der Waals surface area (Å²) < 4.78 is 4.84. The van der Waals surface area contributed by atoms with Crippen molar-refractivity contribution < 1.29 is 0 Å². The summed E-state index contributed by atoms with van der Waals surface area (Å²) in [6.07, 6.45) is 18.6. The van der Waals surface area contributed by atoms with Gasteiger partial charge in [-0.05, 0) is 135 Å². The molecule has 0 saturated carbocycles. The van der Waals surface area contributed by atoms with Gasteiger partial charge in [-0.15, -0.1) is 0 Å². The molecule has 1 spiro atoms. The third-order valence-corrected chi connectivity index (χ3v) is 15.7. The maximum absolute atomic E-state index is 4.15. The maximum Gasteiger partial charge on any atom is 0.0541 e. The number of hydrogen-bond donors (Lipinski definition) is 0. The predicted octanol–water partition coefficient (Wildman–Crippen LogP) is 16.3. The minimum atomic E-state index is -0.206. The van der Waals surface area contributed by atoms with Crippen molar-refractivity contribution in [3.63, 3.8) is 0 Å². The Balaban J connectivity index is 0.811. The molecule has 14 rings (SSSR count). The van der Waals surface area contributed by atoms with Crippen LogP contribution in [0.25, 0.3) is 107 Å². The molecule has 12 aromatic rings. The Morgan fingerprint density at radius 2 is 0.986 bits per heavy atom. The zero-order chi connectivity index (χ0) is 47.8. The summed E-state index contributed by atoms with van der Waals surface area (Å²) in [5.74, 6) is 0. The van der Waals surface area contributed by atoms with E-state index in [1.54, 1.807) is 0 Å². The van der Waals surface area contributed by atoms with Gasteiger partial charge in [0.15, 0.2) is 0 Å². The van der Waals surface area contributed by atoms with E-state index in [4.69, 9.17) is 0 Å². The summed E-state index contributed by atoms with van der Waals surface area (Å²) in [7, 11) is 0. The second-order valence-corrected chi connectivity index (χ2v) is 19.5. The third-order valence-electron chi connectivity index (χ3n) is 15.7. The number of nitrogens with zero attached hydrogens (tertiary/aromatic N) is 2. The number of rotatable bonds is 8. The number of aromatic nitrogens is 2. The first-order valence-electron chi connectivity index (χ1n) is 25.3. The molecule has 0 N–H and O–H groups in total. The number of benzene rings is 10. The minimum Gasteiger partial charge on any atom is -0.309 e. The van der Waals surface area contributed by atoms with E-state index in [-0.39, 0.29) is 5.41 Å². The fraction of sp³-hybridized carbons (Fsp3) is 0.0571. The van der Waals surface area contributed by atoms with Crippen LogP contribution in [0, 0.1) is 0 Å². The van der Waals surface area contributed by atoms with Gasteiger partial charge in [0.2, 0.25) is 0 Å². The van der Waals surface area contributed by atoms with Crippen LogP contribution in [0.3, 0.4) is 0 Å². The summed E-state index contributed by atoms with van der Waals surface area (Å²) in [5.41, 5.74) is 17.9. The first kappa shape index (κ1) is 41.9. The highest BCUT2D eigenvalue weighted by Crippen LogP contribution is 2.58. The highest BCUT2D eigenvalue weighted by Gasteiger charge is 2.48. The molecule has 2 heterocycles. The summed E-state index contributed by atoms with van der Waals surface area (Å²) in [4.78, 5) is 0. The molecule has 0 aliphatic heterocycles. The molecule has 2 aliphatic rings. The molecule has 0 bridgehead atoms. The van der Waals surface area contributed by atoms with Gasteiger partial charge in [0.25, 0.3) is 0 Å². The molecule has 1 atom stereocenters. The minimum absolute atomic E-state index is 0.206. The standard InChI is InChI=1S/C70H50N2/c1-2-17-64-57(58-27-10-13-30-67(58)71(64)65-32-15-22-50-19-4-8-24-53(50)65)26-7-3-18-47-36-39-55-56-40-37-49(46-63(56)70(62(55)45-47)43-42-52-21-6-12-29-61(52)70)35-34-48-38-41-69-60(44-48)59-28-11-14-31-68(59)72(69)66-33-16-23-51-20-5-9-25-54(51)66/h2-6,8-41,44-46H,1,7,42-43H2/b18-3+,35-34+,57-26-,64-17+. The van der Waals surface area contributed by atoms with Gasteiger partial charge < -0.3 is 9.13 Å². The maximum atomic E-state index is 4.15. The average Bonchev–Trinajstić information content (AvgIpc) is 4.16. The molecule has 0 saturated heterocycles. The molecule has 2 nitrogen and oxygen atoms in total. The van der Waals surface area contributed by atoms with Crippen molar-refractivity contribution in [2.24, 2.45) is 0 Å². The van der Waals surface area contributed by atoms with Crippen molar-refractivity contribution in [2.45, 2.75) is 24.7 Å². The van der Waals surface area contributed by atoms with Crippen molar-refractivity contribution in [1.82, 2.24) is 9.13 Å². The van der Waals surface area contributed by atoms with Crippen LogP contribution in [0.1, 0.15) is 51.8 Å². The lowest BCUT2D eigenvalue weighted by Crippen LogP contribution is -2.28. The van der Waals surface area contributed by atoms with Crippen molar-refractivity contribution in [2.75, 3.05) is 0 Å². The van der Waals surface area contributed by atoms with Crippen molar-refractivity contribution in [1.29, 1.82) is 0 Å². The van der Waals surface area contributed by atoms with Gasteiger partial charge in [0, 0.05) is 37.6 Å². The van der Waals surface area contributed by atoms with Gasteiger partial charge in [-0.2, -0.15) is 0 Å². The van der Waals surface area contributed by atoms with Gasteiger partial charge in [-0.1, -0.05) is 207 Å². The Morgan fingerprint density at radius 1 is 0.444 bits per heavy atom. The number of aryl methyl sites for hydroxylation is 1. The SMILES string of the molecule is C=C/C=c1\c(=C/C/C=C/c2ccc3c(c2)C2(CCc4ccccc42)c2cc(/C=C/c4ccc5c(c4)c4ccccc4n5-c4cccc5ccccc45)ccc2-3)c2ccccc2n1-c1cccc2ccccc12. The zero-order valence-electron chi connectivity index (χ0n) is 40.0. The quantitative estimate of drug-likeness (QED) is 0.134. The Bertz CT molecular complexity index is 4390. The third kappa shape index (κ3) is 6.49. The largest absolute Gasteiger partial charge is 0.309 e. The van der Waals surface area contributed by atoms with Crippen LogP contribution in [-0.2, 0) is 11.8 Å². The topological polar surface area (TPSA) is 9.86 Å². The fourth-order valence-electron chi connectivity index (χ4n) is 12.6. The Labute approximate surface area is 419 Å². The normalized spacial score (nSPS) is 15.6. The van der Waals surface area contributed by atoms with E-state index in [2.05, 4.69) is 264 Å². The molecular weight excluding hydrogens is 869 g/mol. The zero-order valence-corrected chi connectivity index (χ0v) is 40.0. The van der Waals surface area contributed by atoms with Crippen LogP contribution in [0.2, 0.25) is 0 Å². The Kier molecular flexibility index (Phi) is 9.82. The van der Waals surface area contributed by atoms with Crippen LogP contribution >= 0.6 is 0 Å². The Morgan fingerprint density at radius 3 is 1.69 bits per heavy atom. The lowest BCUT2D eigenvalue weighted by atomic mass is 9.73. The van der Waals surface area contributed by atoms with Gasteiger partial charge >= 0.3 is 0 Å². The lowest BCUT2D eigenvalue weighted by molar-refractivity contribution is 0.626. The second kappa shape index (κ2) is 16.9. The summed E-state index contributed by atoms with van der Waals surface area (Å²) in [5, 5.41) is 11.1. The first-order valence-corrected chi connectivity index (χ1v) is 25.3. The molecule has 72 heavy (non-hydrogen) atoms. The molecule has 2 heteroatoms. The van der Waals surface area contributed by atoms with E-state index in [1.165, 1.54) is 121 Å². The first-order chi connectivity index (χ1) is 35.7. The highest BCUT2D eigenvalue weighted by atomic mass is 15.0. The molecule has 2 aliphatic carbocycles. The number of allylic oxidation sites excluding steroid dienone is 2. The van der Waals surface area contributed by atoms with Crippen LogP contribution in [0.5, 0.6) is 0 Å². The van der Waals surface area contributed by atoms with Crippen molar-refractivity contribution >= 4 is 84.6 Å². The van der Waals surface area contributed by atoms with E-state index in [9.17, 15) is 0 Å². The van der Waals surface area contributed by atoms with E-state index < -0.39 is 0 Å². The number of fused-ring (bicyclic) bond motifs is 13. The summed E-state index contributed by atoms with van der Waals surface area (Å²) in [6, 6.07) is 78.5. The van der Waals surface area contributed by atoms with Crippen LogP contribution in [-0.4, -0.2) is 9.13 Å². The molecule has 0 radical (unpaired) electrons. The van der Waals surface area contributed by atoms with Gasteiger partial charge in [-0.3, -0.25) is 0 Å². The monoisotopic (exact) mass is 918 g/mol. The molecular formula is C70H50N2. The second-order valence-electron chi connectivity index (χ2n) is 19.5. The summed E-state index contributed by atoms with van der Waals surface area (Å²) in [6.45, 7) is 4.15. The highest BCUT2D eigenvalue weighted by molar-refractivity contribution is 6.11. The average molecular weight is 919 g/mol. The van der Waals surface area contributed by atoms with Crippen molar-refractivity contribution in [3.8, 4) is 22.5 Å². The molecule has 0 amide bonds. The number of para-hydroxylation sites is 2. The predicted molar refractivity (Wildman–Crippen MR) is 307 cm³/mol. The van der Waals surface area contributed by atoms with Crippen LogP contribution < -0.4 is 10.6 Å². The summed E-state index contributed by atoms with van der Waals surface area (Å²) >= 11 is 0. The van der Waals surface area contributed by atoms with Crippen LogP contribution in [0.15, 0.2) is 231 Å². The molecule has 0 fully saturated rings. The van der Waals surface area contributed by atoms with E-state index >= 15 is 0 Å². The van der Waals surface area contributed by atoms with Gasteiger partial charge in [-0.25, -0.2) is 0 Å².